The molecule has 2 N–H and O–H groups in total. The van der Waals surface area contributed by atoms with Crippen LogP contribution in [0.2, 0.25) is 0 Å². The van der Waals surface area contributed by atoms with E-state index in [1.165, 1.54) is 5.56 Å². The fraction of sp³-hybridized carbons (Fsp3) is 0.333. The largest absolute Gasteiger partial charge is 0.432 e. The summed E-state index contributed by atoms with van der Waals surface area (Å²) in [4.78, 5) is 0. The minimum Gasteiger partial charge on any atom is -0.430 e. The summed E-state index contributed by atoms with van der Waals surface area (Å²) in [6, 6.07) is 10.1. The third-order valence-corrected chi connectivity index (χ3v) is 1.49. The maximum Gasteiger partial charge on any atom is 0.432 e. The average Bonchev–Trinajstić information content (AvgIpc) is 2.21. The number of hydrogen-bond donors (Lipinski definition) is 2. The minimum absolute atomic E-state index is 0.562. The lowest BCUT2D eigenvalue weighted by atomic mass is 10.2. The van der Waals surface area contributed by atoms with Crippen molar-refractivity contribution in [3.05, 3.63) is 35.9 Å². The zero-order valence-electron chi connectivity index (χ0n) is 7.90. The fourth-order valence-corrected chi connectivity index (χ4v) is 0.928. The van der Waals surface area contributed by atoms with E-state index in [9.17, 15) is 0 Å². The molecule has 1 rings (SSSR count). The van der Waals surface area contributed by atoms with Crippen molar-refractivity contribution in [2.24, 2.45) is 0 Å². The lowest BCUT2D eigenvalue weighted by molar-refractivity contribution is 0.136. The molecule has 0 aromatic heterocycles. The van der Waals surface area contributed by atoms with E-state index in [1.807, 2.05) is 30.3 Å². The highest BCUT2D eigenvalue weighted by Gasteiger charge is 1.89. The average molecular weight is 216 g/mol. The van der Waals surface area contributed by atoms with Gasteiger partial charge in [0.25, 0.3) is 0 Å². The summed E-state index contributed by atoms with van der Waals surface area (Å²) in [5.74, 6) is 0.562. The predicted octanol–water partition coefficient (Wildman–Crippen LogP) is 0.679. The Balaban J connectivity index is 0.000000500. The van der Waals surface area contributed by atoms with Crippen LogP contribution in [0.4, 0.5) is 0 Å². The second kappa shape index (κ2) is 10.5. The molecule has 0 amide bonds. The van der Waals surface area contributed by atoms with Gasteiger partial charge < -0.3 is 14.8 Å². The van der Waals surface area contributed by atoms with Crippen LogP contribution < -0.4 is 0 Å². The Morgan fingerprint density at radius 2 is 1.79 bits per heavy atom. The van der Waals surface area contributed by atoms with Crippen LogP contribution in [0.5, 0.6) is 0 Å². The van der Waals surface area contributed by atoms with E-state index in [4.69, 9.17) is 26.4 Å². The van der Waals surface area contributed by atoms with Gasteiger partial charge in [-0.25, -0.2) is 0 Å². The molecule has 0 aliphatic carbocycles. The van der Waals surface area contributed by atoms with Gasteiger partial charge in [-0.05, 0) is 5.56 Å². The third-order valence-electron chi connectivity index (χ3n) is 1.33. The highest BCUT2D eigenvalue weighted by Crippen LogP contribution is 1.99. The van der Waals surface area contributed by atoms with Gasteiger partial charge in [0.1, 0.15) is 0 Å². The van der Waals surface area contributed by atoms with E-state index >= 15 is 0 Å². The van der Waals surface area contributed by atoms with Crippen molar-refractivity contribution in [2.45, 2.75) is 6.61 Å². The van der Waals surface area contributed by atoms with E-state index in [1.54, 1.807) is 0 Å². The first kappa shape index (κ1) is 13.5. The summed E-state index contributed by atoms with van der Waals surface area (Å²) >= 11 is 5.44. The van der Waals surface area contributed by atoms with Crippen LogP contribution in [-0.4, -0.2) is 30.2 Å². The van der Waals surface area contributed by atoms with Gasteiger partial charge in [0.2, 0.25) is 0 Å². The van der Waals surface area contributed by atoms with Crippen LogP contribution >= 0.6 is 11.6 Å². The standard InChI is InChI=1S/C9H11ClO.BH3O2/c10-6-7-11-8-9-4-2-1-3-5-9;2-1-3/h1-5H,6-8H2;1-3H. The first-order chi connectivity index (χ1) is 6.85. The topological polar surface area (TPSA) is 49.7 Å². The summed E-state index contributed by atoms with van der Waals surface area (Å²) in [7, 11) is -0.750. The van der Waals surface area contributed by atoms with E-state index in [-0.39, 0.29) is 0 Å². The van der Waals surface area contributed by atoms with Crippen molar-refractivity contribution < 1.29 is 14.8 Å². The fourth-order valence-electron chi connectivity index (χ4n) is 0.819. The van der Waals surface area contributed by atoms with Crippen LogP contribution in [0.25, 0.3) is 0 Å². The van der Waals surface area contributed by atoms with Gasteiger partial charge >= 0.3 is 7.69 Å². The molecule has 0 saturated heterocycles. The smallest absolute Gasteiger partial charge is 0.430 e. The van der Waals surface area contributed by atoms with Gasteiger partial charge in [-0.3, -0.25) is 0 Å². The van der Waals surface area contributed by atoms with E-state index < -0.39 is 7.69 Å². The molecule has 5 heteroatoms. The van der Waals surface area contributed by atoms with Gasteiger partial charge in [-0.15, -0.1) is 11.6 Å². The first-order valence-electron chi connectivity index (χ1n) is 4.24. The van der Waals surface area contributed by atoms with Crippen molar-refractivity contribution >= 4 is 19.3 Å². The van der Waals surface area contributed by atoms with Crippen LogP contribution in [0, 0.1) is 0 Å². The summed E-state index contributed by atoms with van der Waals surface area (Å²) in [5, 5.41) is 14.2. The van der Waals surface area contributed by atoms with Crippen LogP contribution in [0.3, 0.4) is 0 Å². The van der Waals surface area contributed by atoms with E-state index in [0.717, 1.165) is 0 Å². The SMILES string of the molecule is ClCCOCc1ccccc1.OBO. The maximum atomic E-state index is 7.12. The molecule has 0 bridgehead atoms. The van der Waals surface area contributed by atoms with Crippen LogP contribution in [0.1, 0.15) is 5.56 Å². The lowest BCUT2D eigenvalue weighted by Crippen LogP contribution is -1.95. The number of ether oxygens (including phenoxy) is 1. The number of alkyl halides is 1. The van der Waals surface area contributed by atoms with Crippen molar-refractivity contribution in [2.75, 3.05) is 12.5 Å². The molecular formula is C9H14BClO3. The summed E-state index contributed by atoms with van der Waals surface area (Å²) in [6.07, 6.45) is 0. The molecule has 0 fully saturated rings. The van der Waals surface area contributed by atoms with Gasteiger partial charge in [0, 0.05) is 5.88 Å². The molecular weight excluding hydrogens is 202 g/mol. The van der Waals surface area contributed by atoms with E-state index in [0.29, 0.717) is 19.1 Å². The highest BCUT2D eigenvalue weighted by molar-refractivity contribution is 6.17. The number of rotatable bonds is 4. The summed E-state index contributed by atoms with van der Waals surface area (Å²) in [6.45, 7) is 1.28. The van der Waals surface area contributed by atoms with Gasteiger partial charge in [0.05, 0.1) is 13.2 Å². The lowest BCUT2D eigenvalue weighted by Gasteiger charge is -2.00. The van der Waals surface area contributed by atoms with Gasteiger partial charge in [-0.2, -0.15) is 0 Å². The Morgan fingerprint density at radius 1 is 1.21 bits per heavy atom. The Hall–Kier alpha value is -0.545. The molecule has 0 radical (unpaired) electrons. The highest BCUT2D eigenvalue weighted by atomic mass is 35.5. The molecule has 0 spiro atoms. The first-order valence-corrected chi connectivity index (χ1v) is 4.78. The van der Waals surface area contributed by atoms with Crippen molar-refractivity contribution in [3.63, 3.8) is 0 Å². The Labute approximate surface area is 89.6 Å². The molecule has 0 saturated carbocycles. The molecule has 0 aliphatic rings. The molecule has 1 aromatic rings. The molecule has 0 atom stereocenters. The van der Waals surface area contributed by atoms with Crippen molar-refractivity contribution in [3.8, 4) is 0 Å². The minimum atomic E-state index is -0.750. The third kappa shape index (κ3) is 8.07. The van der Waals surface area contributed by atoms with E-state index in [2.05, 4.69) is 0 Å². The monoisotopic (exact) mass is 216 g/mol. The predicted molar refractivity (Wildman–Crippen MR) is 58.4 cm³/mol. The second-order valence-electron chi connectivity index (χ2n) is 2.37. The quantitative estimate of drug-likeness (QED) is 0.442. The second-order valence-corrected chi connectivity index (χ2v) is 2.75. The number of hydrogen-bond acceptors (Lipinski definition) is 3. The van der Waals surface area contributed by atoms with Crippen LogP contribution in [-0.2, 0) is 11.3 Å². The Kier molecular flexibility index (Phi) is 10.1. The zero-order valence-corrected chi connectivity index (χ0v) is 8.65. The molecule has 3 nitrogen and oxygen atoms in total. The van der Waals surface area contributed by atoms with Crippen molar-refractivity contribution in [1.29, 1.82) is 0 Å². The Bertz CT molecular complexity index is 208. The summed E-state index contributed by atoms with van der Waals surface area (Å²) < 4.78 is 5.24. The molecule has 0 heterocycles. The van der Waals surface area contributed by atoms with Gasteiger partial charge in [-0.1, -0.05) is 30.3 Å². The summed E-state index contributed by atoms with van der Waals surface area (Å²) in [5.41, 5.74) is 1.19. The molecule has 78 valence electrons. The molecule has 0 unspecified atom stereocenters. The van der Waals surface area contributed by atoms with Gasteiger partial charge in [0.15, 0.2) is 0 Å². The molecule has 14 heavy (non-hydrogen) atoms. The Morgan fingerprint density at radius 3 is 2.29 bits per heavy atom. The zero-order chi connectivity index (χ0) is 10.6. The van der Waals surface area contributed by atoms with Crippen molar-refractivity contribution in [1.82, 2.24) is 0 Å². The molecule has 0 aliphatic heterocycles. The van der Waals surface area contributed by atoms with Crippen LogP contribution in [0.15, 0.2) is 30.3 Å². The maximum absolute atomic E-state index is 7.12. The number of benzene rings is 1. The molecule has 1 aromatic carbocycles. The normalized spacial score (nSPS) is 8.79. The number of halogens is 1.